The van der Waals surface area contributed by atoms with Gasteiger partial charge in [-0.3, -0.25) is 14.4 Å². The number of esters is 3. The first kappa shape index (κ1) is 79.1. The van der Waals surface area contributed by atoms with Gasteiger partial charge >= 0.3 is 17.9 Å². The van der Waals surface area contributed by atoms with Crippen molar-refractivity contribution < 1.29 is 28.6 Å². The SMILES string of the molecule is CC/C=C\C/C=C\C/C=C\C/C=C\CCCCCCCCCCCCC(=O)OC(COC(=O)CCCCCCCCCCCC)COC(=O)CCCCCCCCCCCCCCCCCCCCC/C=C\CCCCCCCCCC. The molecule has 0 saturated heterocycles. The van der Waals surface area contributed by atoms with Crippen LogP contribution >= 0.6 is 0 Å². The molecule has 0 amide bonds. The van der Waals surface area contributed by atoms with Gasteiger partial charge in [0.2, 0.25) is 0 Å². The van der Waals surface area contributed by atoms with Crippen LogP contribution < -0.4 is 0 Å². The molecule has 1 unspecified atom stereocenters. The molecule has 6 heteroatoms. The maximum atomic E-state index is 12.9. The molecule has 0 saturated carbocycles. The highest BCUT2D eigenvalue weighted by atomic mass is 16.6. The molecular formula is C76H138O6. The number of carbonyl (C=O) groups excluding carboxylic acids is 3. The van der Waals surface area contributed by atoms with Gasteiger partial charge in [0, 0.05) is 19.3 Å². The molecule has 82 heavy (non-hydrogen) atoms. The van der Waals surface area contributed by atoms with Crippen molar-refractivity contribution in [3.8, 4) is 0 Å². The molecule has 0 spiro atoms. The largest absolute Gasteiger partial charge is 0.462 e. The van der Waals surface area contributed by atoms with Crippen LogP contribution in [0.4, 0.5) is 0 Å². The lowest BCUT2D eigenvalue weighted by atomic mass is 10.0. The maximum Gasteiger partial charge on any atom is 0.306 e. The highest BCUT2D eigenvalue weighted by Gasteiger charge is 2.19. The van der Waals surface area contributed by atoms with Crippen molar-refractivity contribution in [1.82, 2.24) is 0 Å². The van der Waals surface area contributed by atoms with Gasteiger partial charge in [0.15, 0.2) is 6.10 Å². The van der Waals surface area contributed by atoms with Crippen LogP contribution in [-0.2, 0) is 28.6 Å². The summed E-state index contributed by atoms with van der Waals surface area (Å²) in [5.41, 5.74) is 0. The van der Waals surface area contributed by atoms with Gasteiger partial charge in [0.25, 0.3) is 0 Å². The number of hydrogen-bond acceptors (Lipinski definition) is 6. The molecule has 0 radical (unpaired) electrons. The van der Waals surface area contributed by atoms with Crippen molar-refractivity contribution in [2.45, 2.75) is 393 Å². The minimum Gasteiger partial charge on any atom is -0.462 e. The molecule has 478 valence electrons. The quantitative estimate of drug-likeness (QED) is 0.0261. The summed E-state index contributed by atoms with van der Waals surface area (Å²) < 4.78 is 17.0. The van der Waals surface area contributed by atoms with E-state index in [1.165, 1.54) is 263 Å². The Kier molecular flexibility index (Phi) is 68.1. The Balaban J connectivity index is 4.11. The van der Waals surface area contributed by atoms with Crippen LogP contribution in [0.25, 0.3) is 0 Å². The highest BCUT2D eigenvalue weighted by molar-refractivity contribution is 5.71. The second-order valence-corrected chi connectivity index (χ2v) is 24.5. The minimum absolute atomic E-state index is 0.0708. The summed E-state index contributed by atoms with van der Waals surface area (Å²) in [6.07, 6.45) is 91.3. The average Bonchev–Trinajstić information content (AvgIpc) is 3.47. The van der Waals surface area contributed by atoms with Gasteiger partial charge in [-0.05, 0) is 83.5 Å². The highest BCUT2D eigenvalue weighted by Crippen LogP contribution is 2.18. The van der Waals surface area contributed by atoms with Crippen molar-refractivity contribution in [2.24, 2.45) is 0 Å². The fraction of sp³-hybridized carbons (Fsp3) is 0.829. The lowest BCUT2D eigenvalue weighted by Gasteiger charge is -2.18. The number of carbonyl (C=O) groups is 3. The topological polar surface area (TPSA) is 78.9 Å². The number of rotatable bonds is 67. The molecule has 0 aliphatic carbocycles. The van der Waals surface area contributed by atoms with E-state index in [1.807, 2.05) is 0 Å². The maximum absolute atomic E-state index is 12.9. The van der Waals surface area contributed by atoms with Gasteiger partial charge in [-0.25, -0.2) is 0 Å². The van der Waals surface area contributed by atoms with E-state index >= 15 is 0 Å². The fourth-order valence-electron chi connectivity index (χ4n) is 10.8. The first-order valence-electron chi connectivity index (χ1n) is 36.3. The van der Waals surface area contributed by atoms with E-state index < -0.39 is 6.10 Å². The lowest BCUT2D eigenvalue weighted by Crippen LogP contribution is -2.30. The Morgan fingerprint density at radius 2 is 0.476 bits per heavy atom. The van der Waals surface area contributed by atoms with Gasteiger partial charge < -0.3 is 14.2 Å². The molecule has 0 N–H and O–H groups in total. The Hall–Kier alpha value is -2.89. The third-order valence-electron chi connectivity index (χ3n) is 16.3. The zero-order valence-corrected chi connectivity index (χ0v) is 55.0. The number of ether oxygens (including phenoxy) is 3. The number of allylic oxidation sites excluding steroid dienone is 10. The summed E-state index contributed by atoms with van der Waals surface area (Å²) in [5.74, 6) is -0.853. The molecule has 0 aliphatic heterocycles. The van der Waals surface area contributed by atoms with Crippen LogP contribution in [-0.4, -0.2) is 37.2 Å². The van der Waals surface area contributed by atoms with Crippen molar-refractivity contribution in [3.63, 3.8) is 0 Å². The second-order valence-electron chi connectivity index (χ2n) is 24.5. The van der Waals surface area contributed by atoms with Crippen molar-refractivity contribution >= 4 is 17.9 Å². The monoisotopic (exact) mass is 1150 g/mol. The summed E-state index contributed by atoms with van der Waals surface area (Å²) in [4.78, 5) is 38.4. The molecule has 0 rings (SSSR count). The molecule has 0 aliphatic rings. The molecule has 1 atom stereocenters. The normalized spacial score (nSPS) is 12.4. The van der Waals surface area contributed by atoms with Crippen LogP contribution in [0.3, 0.4) is 0 Å². The van der Waals surface area contributed by atoms with Crippen LogP contribution in [0.2, 0.25) is 0 Å². The summed E-state index contributed by atoms with van der Waals surface area (Å²) >= 11 is 0. The Labute approximate surface area is 510 Å². The summed E-state index contributed by atoms with van der Waals surface area (Å²) in [5, 5.41) is 0. The molecule has 0 aromatic rings. The summed E-state index contributed by atoms with van der Waals surface area (Å²) in [6.45, 7) is 6.57. The fourth-order valence-corrected chi connectivity index (χ4v) is 10.8. The third-order valence-corrected chi connectivity index (χ3v) is 16.3. The van der Waals surface area contributed by atoms with E-state index in [0.717, 1.165) is 83.5 Å². The van der Waals surface area contributed by atoms with Gasteiger partial charge in [-0.1, -0.05) is 345 Å². The summed E-state index contributed by atoms with van der Waals surface area (Å²) in [7, 11) is 0. The van der Waals surface area contributed by atoms with Gasteiger partial charge in [0.1, 0.15) is 13.2 Å². The van der Waals surface area contributed by atoms with Crippen LogP contribution in [0, 0.1) is 0 Å². The zero-order chi connectivity index (χ0) is 59.2. The van der Waals surface area contributed by atoms with Crippen LogP contribution in [0.15, 0.2) is 60.8 Å². The van der Waals surface area contributed by atoms with Gasteiger partial charge in [0.05, 0.1) is 0 Å². The van der Waals surface area contributed by atoms with E-state index in [0.29, 0.717) is 19.3 Å². The van der Waals surface area contributed by atoms with E-state index in [1.54, 1.807) is 0 Å². The Morgan fingerprint density at radius 1 is 0.256 bits per heavy atom. The van der Waals surface area contributed by atoms with Gasteiger partial charge in [-0.2, -0.15) is 0 Å². The van der Waals surface area contributed by atoms with Gasteiger partial charge in [-0.15, -0.1) is 0 Å². The first-order valence-corrected chi connectivity index (χ1v) is 36.3. The smallest absolute Gasteiger partial charge is 0.306 e. The second kappa shape index (κ2) is 70.6. The number of hydrogen-bond donors (Lipinski definition) is 0. The zero-order valence-electron chi connectivity index (χ0n) is 55.0. The Bertz CT molecular complexity index is 1460. The van der Waals surface area contributed by atoms with E-state index in [-0.39, 0.29) is 31.1 Å². The molecule has 6 nitrogen and oxygen atoms in total. The lowest BCUT2D eigenvalue weighted by molar-refractivity contribution is -0.167. The molecular weight excluding hydrogens is 1010 g/mol. The molecule has 0 aromatic carbocycles. The van der Waals surface area contributed by atoms with Crippen molar-refractivity contribution in [2.75, 3.05) is 13.2 Å². The van der Waals surface area contributed by atoms with Crippen molar-refractivity contribution in [3.05, 3.63) is 60.8 Å². The third kappa shape index (κ3) is 67.9. The molecule has 0 bridgehead atoms. The van der Waals surface area contributed by atoms with Crippen LogP contribution in [0.1, 0.15) is 387 Å². The number of unbranched alkanes of at least 4 members (excludes halogenated alkanes) is 46. The first-order chi connectivity index (χ1) is 40.5. The average molecular weight is 1150 g/mol. The predicted molar refractivity (Wildman–Crippen MR) is 358 cm³/mol. The van der Waals surface area contributed by atoms with E-state index in [2.05, 4.69) is 81.5 Å². The Morgan fingerprint density at radius 3 is 0.756 bits per heavy atom. The van der Waals surface area contributed by atoms with E-state index in [4.69, 9.17) is 14.2 Å². The minimum atomic E-state index is -0.774. The molecule has 0 aromatic heterocycles. The van der Waals surface area contributed by atoms with Crippen LogP contribution in [0.5, 0.6) is 0 Å². The predicted octanol–water partition coefficient (Wildman–Crippen LogP) is 25.1. The summed E-state index contributed by atoms with van der Waals surface area (Å²) in [6, 6.07) is 0. The molecule has 0 fully saturated rings. The van der Waals surface area contributed by atoms with Crippen molar-refractivity contribution in [1.29, 1.82) is 0 Å². The standard InChI is InChI=1S/C76H138O6/c1-4-7-10-13-16-19-22-24-26-28-30-32-34-35-36-37-38-39-40-41-43-44-46-48-50-52-54-57-60-63-66-69-75(78)81-72-73(71-80-74(77)68-65-62-59-56-21-18-15-12-9-6-3)82-76(79)70-67-64-61-58-55-53-51-49-47-45-42-33-31-29-27-25-23-20-17-14-11-8-5-2/h8,11,17,20,25,27-28,30-31,33,73H,4-7,9-10,12-16,18-19,21-24,26,29,32,34-72H2,1-3H3/b11-8-,20-17-,27-25-,30-28-,33-31-. The molecule has 0 heterocycles. The van der Waals surface area contributed by atoms with E-state index in [9.17, 15) is 14.4 Å².